The molecule has 1 amide bonds. The maximum Gasteiger partial charge on any atom is 0.417 e. The number of amides is 1. The minimum Gasteiger partial charge on any atom is -0.368 e. The van der Waals surface area contributed by atoms with Crippen molar-refractivity contribution in [2.24, 2.45) is 5.92 Å². The molecule has 2 aromatic carbocycles. The molecule has 0 bridgehead atoms. The number of carbonyl (C=O) groups is 1. The molecule has 2 heterocycles. The van der Waals surface area contributed by atoms with Crippen LogP contribution < -0.4 is 5.32 Å². The highest BCUT2D eigenvalue weighted by Crippen LogP contribution is 2.34. The molecule has 1 aliphatic rings. The topological polar surface area (TPSA) is 58.1 Å². The highest BCUT2D eigenvalue weighted by atomic mass is 35.5. The van der Waals surface area contributed by atoms with E-state index < -0.39 is 17.6 Å². The predicted molar refractivity (Wildman–Crippen MR) is 118 cm³/mol. The summed E-state index contributed by atoms with van der Waals surface area (Å²) in [6.45, 7) is 2.93. The number of nitrogens with one attached hydrogen (secondary N) is 1. The quantitative estimate of drug-likeness (QED) is 0.507. The van der Waals surface area contributed by atoms with Crippen molar-refractivity contribution in [2.45, 2.75) is 19.5 Å². The van der Waals surface area contributed by atoms with E-state index in [-0.39, 0.29) is 11.5 Å². The van der Waals surface area contributed by atoms with Gasteiger partial charge in [0.1, 0.15) is 5.82 Å². The highest BCUT2D eigenvalue weighted by molar-refractivity contribution is 6.42. The van der Waals surface area contributed by atoms with Gasteiger partial charge in [-0.2, -0.15) is 13.2 Å². The number of aromatic nitrogens is 2. The van der Waals surface area contributed by atoms with Crippen molar-refractivity contribution in [2.75, 3.05) is 25.0 Å². The normalized spacial score (nSPS) is 16.6. The molecule has 168 valence electrons. The third-order valence-electron chi connectivity index (χ3n) is 5.44. The Morgan fingerprint density at radius 3 is 2.62 bits per heavy atom. The zero-order valence-electron chi connectivity index (χ0n) is 17.0. The number of carbonyl (C=O) groups excluding carboxylic acids is 1. The molecule has 10 heteroatoms. The number of benzene rings is 2. The smallest absolute Gasteiger partial charge is 0.368 e. The SMILES string of the molecule is Cc1ccc(C(F)(F)F)c(C(=O)N2CCC(CNc3cnc4cc(Cl)c(Cl)cc4n3)C2)c1. The molecule has 0 saturated carbocycles. The number of likely N-dealkylation sites (tertiary alicyclic amines) is 1. The number of nitrogens with zero attached hydrogens (tertiary/aromatic N) is 3. The molecule has 3 aromatic rings. The number of anilines is 1. The standard InChI is InChI=1S/C22H19Cl2F3N4O/c1-12-2-3-15(22(25,26)27)14(6-12)21(32)31-5-4-13(11-31)9-29-20-10-28-18-7-16(23)17(24)8-19(18)30-20/h2-3,6-8,10,13H,4-5,9,11H2,1H3,(H,29,30). The van der Waals surface area contributed by atoms with Crippen molar-refractivity contribution in [3.63, 3.8) is 0 Å². The number of fused-ring (bicyclic) bond motifs is 1. The Balaban J connectivity index is 1.42. The number of halogens is 5. The second kappa shape index (κ2) is 8.75. The van der Waals surface area contributed by atoms with Gasteiger partial charge in [0.25, 0.3) is 5.91 Å². The summed E-state index contributed by atoms with van der Waals surface area (Å²) in [5.41, 5.74) is 0.602. The maximum atomic E-state index is 13.4. The largest absolute Gasteiger partial charge is 0.417 e. The van der Waals surface area contributed by atoms with Crippen molar-refractivity contribution >= 4 is 46.0 Å². The van der Waals surface area contributed by atoms with Crippen LogP contribution in [0.25, 0.3) is 11.0 Å². The zero-order chi connectivity index (χ0) is 23.0. The highest BCUT2D eigenvalue weighted by Gasteiger charge is 2.37. The molecule has 1 unspecified atom stereocenters. The van der Waals surface area contributed by atoms with Crippen molar-refractivity contribution < 1.29 is 18.0 Å². The predicted octanol–water partition coefficient (Wildman–Crippen LogP) is 5.84. The number of hydrogen-bond acceptors (Lipinski definition) is 4. The third kappa shape index (κ3) is 4.76. The first-order valence-electron chi connectivity index (χ1n) is 9.94. The van der Waals surface area contributed by atoms with E-state index in [9.17, 15) is 18.0 Å². The molecular weight excluding hydrogens is 464 g/mol. The minimum absolute atomic E-state index is 0.0735. The summed E-state index contributed by atoms with van der Waals surface area (Å²) < 4.78 is 40.1. The average Bonchev–Trinajstić information content (AvgIpc) is 3.20. The average molecular weight is 483 g/mol. The van der Waals surface area contributed by atoms with Gasteiger partial charge in [-0.3, -0.25) is 9.78 Å². The molecule has 1 atom stereocenters. The third-order valence-corrected chi connectivity index (χ3v) is 6.16. The molecule has 1 saturated heterocycles. The second-order valence-corrected chi connectivity index (χ2v) is 8.66. The zero-order valence-corrected chi connectivity index (χ0v) is 18.5. The lowest BCUT2D eigenvalue weighted by atomic mass is 10.0. The van der Waals surface area contributed by atoms with E-state index >= 15 is 0 Å². The van der Waals surface area contributed by atoms with Gasteiger partial charge in [0.15, 0.2) is 0 Å². The van der Waals surface area contributed by atoms with Gasteiger partial charge in [-0.05, 0) is 43.5 Å². The molecule has 1 aromatic heterocycles. The van der Waals surface area contributed by atoms with Crippen molar-refractivity contribution in [1.29, 1.82) is 0 Å². The fraction of sp³-hybridized carbons (Fsp3) is 0.318. The van der Waals surface area contributed by atoms with Crippen LogP contribution in [0.5, 0.6) is 0 Å². The molecule has 5 nitrogen and oxygen atoms in total. The van der Waals surface area contributed by atoms with E-state index in [0.29, 0.717) is 58.5 Å². The van der Waals surface area contributed by atoms with Gasteiger partial charge in [-0.15, -0.1) is 0 Å². The van der Waals surface area contributed by atoms with Gasteiger partial charge in [0, 0.05) is 19.6 Å². The second-order valence-electron chi connectivity index (χ2n) is 7.84. The number of hydrogen-bond donors (Lipinski definition) is 1. The van der Waals surface area contributed by atoms with Gasteiger partial charge < -0.3 is 10.2 Å². The fourth-order valence-electron chi connectivity index (χ4n) is 3.78. The maximum absolute atomic E-state index is 13.4. The summed E-state index contributed by atoms with van der Waals surface area (Å²) in [6.07, 6.45) is -2.33. The Morgan fingerprint density at radius 1 is 1.19 bits per heavy atom. The summed E-state index contributed by atoms with van der Waals surface area (Å²) >= 11 is 12.0. The van der Waals surface area contributed by atoms with E-state index in [2.05, 4.69) is 15.3 Å². The van der Waals surface area contributed by atoms with E-state index in [1.807, 2.05) is 0 Å². The van der Waals surface area contributed by atoms with E-state index in [1.165, 1.54) is 17.0 Å². The lowest BCUT2D eigenvalue weighted by Crippen LogP contribution is -2.31. The molecule has 0 spiro atoms. The van der Waals surface area contributed by atoms with Gasteiger partial charge in [-0.25, -0.2) is 4.98 Å². The van der Waals surface area contributed by atoms with E-state index in [4.69, 9.17) is 23.2 Å². The van der Waals surface area contributed by atoms with Crippen LogP contribution in [0.4, 0.5) is 19.0 Å². The molecular formula is C22H19Cl2F3N4O. The number of aryl methyl sites for hydroxylation is 1. The van der Waals surface area contributed by atoms with Crippen LogP contribution >= 0.6 is 23.2 Å². The number of rotatable bonds is 4. The Kier molecular flexibility index (Phi) is 6.18. The molecule has 4 rings (SSSR count). The molecule has 1 aliphatic heterocycles. The molecule has 0 radical (unpaired) electrons. The Labute approximate surface area is 192 Å². The van der Waals surface area contributed by atoms with Crippen molar-refractivity contribution in [3.8, 4) is 0 Å². The van der Waals surface area contributed by atoms with Crippen LogP contribution in [0.15, 0.2) is 36.5 Å². The summed E-state index contributed by atoms with van der Waals surface area (Å²) in [7, 11) is 0. The van der Waals surface area contributed by atoms with Crippen LogP contribution in [0, 0.1) is 12.8 Å². The number of alkyl halides is 3. The van der Waals surface area contributed by atoms with Gasteiger partial charge in [0.2, 0.25) is 0 Å². The van der Waals surface area contributed by atoms with Gasteiger partial charge >= 0.3 is 6.18 Å². The first kappa shape index (κ1) is 22.6. The first-order chi connectivity index (χ1) is 15.1. The molecule has 0 aliphatic carbocycles. The molecule has 1 N–H and O–H groups in total. The van der Waals surface area contributed by atoms with Crippen LogP contribution in [-0.4, -0.2) is 40.4 Å². The monoisotopic (exact) mass is 482 g/mol. The summed E-state index contributed by atoms with van der Waals surface area (Å²) in [4.78, 5) is 23.1. The summed E-state index contributed by atoms with van der Waals surface area (Å²) in [6, 6.07) is 6.90. The van der Waals surface area contributed by atoms with Crippen LogP contribution in [-0.2, 0) is 6.18 Å². The minimum atomic E-state index is -4.58. The Morgan fingerprint density at radius 2 is 1.91 bits per heavy atom. The first-order valence-corrected chi connectivity index (χ1v) is 10.7. The molecule has 1 fully saturated rings. The lowest BCUT2D eigenvalue weighted by Gasteiger charge is -2.20. The van der Waals surface area contributed by atoms with Gasteiger partial charge in [0.05, 0.1) is 38.4 Å². The summed E-state index contributed by atoms with van der Waals surface area (Å²) in [5.74, 6) is 0.0173. The molecule has 32 heavy (non-hydrogen) atoms. The van der Waals surface area contributed by atoms with Crippen LogP contribution in [0.1, 0.15) is 27.9 Å². The van der Waals surface area contributed by atoms with Crippen LogP contribution in [0.2, 0.25) is 10.0 Å². The van der Waals surface area contributed by atoms with Gasteiger partial charge in [-0.1, -0.05) is 34.8 Å². The fourth-order valence-corrected chi connectivity index (χ4v) is 4.09. The van der Waals surface area contributed by atoms with Crippen molar-refractivity contribution in [3.05, 3.63) is 63.3 Å². The lowest BCUT2D eigenvalue weighted by molar-refractivity contribution is -0.138. The van der Waals surface area contributed by atoms with Crippen molar-refractivity contribution in [1.82, 2.24) is 14.9 Å². The summed E-state index contributed by atoms with van der Waals surface area (Å²) in [5, 5.41) is 3.96. The Bertz CT molecular complexity index is 1190. The van der Waals surface area contributed by atoms with E-state index in [0.717, 1.165) is 6.07 Å². The van der Waals surface area contributed by atoms with Crippen LogP contribution in [0.3, 0.4) is 0 Å². The Hall–Kier alpha value is -2.58. The van der Waals surface area contributed by atoms with E-state index in [1.54, 1.807) is 25.3 Å².